The number of aromatic nitrogens is 2. The van der Waals surface area contributed by atoms with Crippen LogP contribution in [0.2, 0.25) is 0 Å². The van der Waals surface area contributed by atoms with E-state index in [0.717, 1.165) is 6.07 Å². The molecule has 23 heavy (non-hydrogen) atoms. The van der Waals surface area contributed by atoms with Crippen LogP contribution in [0.25, 0.3) is 0 Å². The van der Waals surface area contributed by atoms with E-state index >= 15 is 0 Å². The van der Waals surface area contributed by atoms with Gasteiger partial charge < -0.3 is 19.4 Å². The number of aliphatic hydroxyl groups excluding tert-OH is 1. The number of ether oxygens (including phenoxy) is 1. The summed E-state index contributed by atoms with van der Waals surface area (Å²) < 4.78 is 11.9. The van der Waals surface area contributed by atoms with Gasteiger partial charge in [0.1, 0.15) is 12.4 Å². The van der Waals surface area contributed by atoms with Gasteiger partial charge in [0.2, 0.25) is 11.2 Å². The van der Waals surface area contributed by atoms with E-state index in [4.69, 9.17) is 9.15 Å². The third kappa shape index (κ3) is 3.78. The number of hydrogen-bond donors (Lipinski definition) is 2. The first kappa shape index (κ1) is 16.8. The summed E-state index contributed by atoms with van der Waals surface area (Å²) in [4.78, 5) is 23.7. The van der Waals surface area contributed by atoms with Gasteiger partial charge in [0.05, 0.1) is 25.1 Å². The number of carbonyl (C=O) groups is 1. The third-order valence-electron chi connectivity index (χ3n) is 3.28. The number of rotatable bonds is 6. The topological polar surface area (TPSA) is 115 Å². The lowest BCUT2D eigenvalue weighted by atomic mass is 9.95. The van der Waals surface area contributed by atoms with Gasteiger partial charge in [-0.2, -0.15) is 5.10 Å². The normalized spacial score (nSPS) is 12.1. The second-order valence-corrected chi connectivity index (χ2v) is 4.96. The van der Waals surface area contributed by atoms with Gasteiger partial charge in [0.15, 0.2) is 5.76 Å². The second kappa shape index (κ2) is 7.10. The molecule has 8 nitrogen and oxygen atoms in total. The van der Waals surface area contributed by atoms with Crippen LogP contribution in [0, 0.1) is 0 Å². The Morgan fingerprint density at radius 3 is 2.83 bits per heavy atom. The van der Waals surface area contributed by atoms with E-state index < -0.39 is 29.7 Å². The summed E-state index contributed by atoms with van der Waals surface area (Å²) in [5, 5.41) is 23.2. The Bertz CT molecular complexity index is 749. The fourth-order valence-corrected chi connectivity index (χ4v) is 2.24. The highest BCUT2D eigenvalue weighted by Gasteiger charge is 2.27. The molecule has 0 aliphatic carbocycles. The summed E-state index contributed by atoms with van der Waals surface area (Å²) in [7, 11) is 1.70. The van der Waals surface area contributed by atoms with E-state index in [1.54, 1.807) is 20.2 Å². The molecule has 0 spiro atoms. The van der Waals surface area contributed by atoms with Crippen LogP contribution in [-0.2, 0) is 23.2 Å². The Hall–Kier alpha value is -2.61. The van der Waals surface area contributed by atoms with Crippen molar-refractivity contribution in [2.75, 3.05) is 6.61 Å². The minimum absolute atomic E-state index is 0.000508. The molecule has 2 N–H and O–H groups in total. The molecule has 0 aliphatic heterocycles. The van der Waals surface area contributed by atoms with Crippen molar-refractivity contribution < 1.29 is 24.2 Å². The van der Waals surface area contributed by atoms with Crippen LogP contribution in [0.15, 0.2) is 27.7 Å². The molecule has 0 aromatic carbocycles. The Balaban J connectivity index is 2.51. The van der Waals surface area contributed by atoms with Crippen LogP contribution in [0.4, 0.5) is 0 Å². The standard InChI is InChI=1S/C15H18N2O6/c1-3-22-13(20)5-11(9-6-16-17(2)7-9)15-14(21)12(19)4-10(8-18)23-15/h4,6-7,11,18,21H,3,5,8H2,1-2H3. The molecule has 2 rings (SSSR count). The minimum Gasteiger partial charge on any atom is -0.502 e. The fraction of sp³-hybridized carbons (Fsp3) is 0.400. The highest BCUT2D eigenvalue weighted by atomic mass is 16.5. The Morgan fingerprint density at radius 2 is 2.26 bits per heavy atom. The Labute approximate surface area is 131 Å². The summed E-state index contributed by atoms with van der Waals surface area (Å²) in [6, 6.07) is 1.00. The molecule has 124 valence electrons. The van der Waals surface area contributed by atoms with Crippen molar-refractivity contribution in [2.24, 2.45) is 7.05 Å². The molecule has 0 radical (unpaired) electrons. The van der Waals surface area contributed by atoms with E-state index in [0.29, 0.717) is 5.56 Å². The number of carbonyl (C=O) groups excluding carboxylic acids is 1. The van der Waals surface area contributed by atoms with E-state index in [1.165, 1.54) is 10.9 Å². The molecule has 1 unspecified atom stereocenters. The molecule has 0 saturated heterocycles. The molecule has 0 amide bonds. The van der Waals surface area contributed by atoms with E-state index in [9.17, 15) is 19.8 Å². The van der Waals surface area contributed by atoms with Crippen molar-refractivity contribution in [3.63, 3.8) is 0 Å². The molecule has 0 bridgehead atoms. The molecule has 8 heteroatoms. The summed E-state index contributed by atoms with van der Waals surface area (Å²) in [6.07, 6.45) is 3.02. The van der Waals surface area contributed by atoms with Gasteiger partial charge in [-0.1, -0.05) is 0 Å². The maximum Gasteiger partial charge on any atom is 0.306 e. The highest BCUT2D eigenvalue weighted by molar-refractivity contribution is 5.71. The third-order valence-corrected chi connectivity index (χ3v) is 3.28. The van der Waals surface area contributed by atoms with E-state index in [1.807, 2.05) is 0 Å². The number of hydrogen-bond acceptors (Lipinski definition) is 7. The molecule has 2 aromatic rings. The van der Waals surface area contributed by atoms with Crippen molar-refractivity contribution in [3.05, 3.63) is 45.8 Å². The average molecular weight is 322 g/mol. The zero-order chi connectivity index (χ0) is 17.0. The number of aliphatic hydroxyl groups is 1. The average Bonchev–Trinajstić information content (AvgIpc) is 2.94. The van der Waals surface area contributed by atoms with Crippen molar-refractivity contribution >= 4 is 5.97 Å². The predicted molar refractivity (Wildman–Crippen MR) is 78.9 cm³/mol. The number of aromatic hydroxyl groups is 1. The fourth-order valence-electron chi connectivity index (χ4n) is 2.24. The lowest BCUT2D eigenvalue weighted by Gasteiger charge is -2.15. The molecular formula is C15H18N2O6. The van der Waals surface area contributed by atoms with Crippen LogP contribution in [-0.4, -0.2) is 32.6 Å². The molecule has 0 fully saturated rings. The second-order valence-electron chi connectivity index (χ2n) is 4.96. The Kier molecular flexibility index (Phi) is 5.17. The van der Waals surface area contributed by atoms with Crippen LogP contribution < -0.4 is 5.43 Å². The van der Waals surface area contributed by atoms with Gasteiger partial charge in [-0.25, -0.2) is 0 Å². The molecule has 0 aliphatic rings. The van der Waals surface area contributed by atoms with Gasteiger partial charge in [-0.05, 0) is 6.92 Å². The first-order chi connectivity index (χ1) is 11.0. The highest BCUT2D eigenvalue weighted by Crippen LogP contribution is 2.33. The lowest BCUT2D eigenvalue weighted by molar-refractivity contribution is -0.143. The molecule has 2 heterocycles. The van der Waals surface area contributed by atoms with Crippen molar-refractivity contribution in [2.45, 2.75) is 25.9 Å². The molecule has 1 atom stereocenters. The number of esters is 1. The zero-order valence-corrected chi connectivity index (χ0v) is 12.9. The quantitative estimate of drug-likeness (QED) is 0.751. The van der Waals surface area contributed by atoms with Crippen LogP contribution >= 0.6 is 0 Å². The van der Waals surface area contributed by atoms with Gasteiger partial charge in [0, 0.05) is 24.9 Å². The summed E-state index contributed by atoms with van der Waals surface area (Å²) >= 11 is 0. The van der Waals surface area contributed by atoms with E-state index in [-0.39, 0.29) is 24.5 Å². The van der Waals surface area contributed by atoms with Crippen LogP contribution in [0.3, 0.4) is 0 Å². The smallest absolute Gasteiger partial charge is 0.306 e. The molecular weight excluding hydrogens is 304 g/mol. The largest absolute Gasteiger partial charge is 0.502 e. The first-order valence-corrected chi connectivity index (χ1v) is 7.07. The van der Waals surface area contributed by atoms with Crippen LogP contribution in [0.5, 0.6) is 5.75 Å². The molecule has 0 saturated carbocycles. The summed E-state index contributed by atoms with van der Waals surface area (Å²) in [5.74, 6) is -1.94. The zero-order valence-electron chi connectivity index (χ0n) is 12.9. The first-order valence-electron chi connectivity index (χ1n) is 7.07. The van der Waals surface area contributed by atoms with Crippen molar-refractivity contribution in [1.82, 2.24) is 9.78 Å². The summed E-state index contributed by atoms with van der Waals surface area (Å²) in [6.45, 7) is 1.40. The minimum atomic E-state index is -0.748. The maximum absolute atomic E-state index is 11.9. The van der Waals surface area contributed by atoms with E-state index in [2.05, 4.69) is 5.10 Å². The number of aryl methyl sites for hydroxylation is 1. The molecule has 2 aromatic heterocycles. The predicted octanol–water partition coefficient (Wildman–Crippen LogP) is 0.656. The van der Waals surface area contributed by atoms with Gasteiger partial charge in [-0.3, -0.25) is 14.3 Å². The van der Waals surface area contributed by atoms with Gasteiger partial charge in [-0.15, -0.1) is 0 Å². The Morgan fingerprint density at radius 1 is 1.52 bits per heavy atom. The van der Waals surface area contributed by atoms with Crippen molar-refractivity contribution in [3.8, 4) is 5.75 Å². The number of nitrogens with zero attached hydrogens (tertiary/aromatic N) is 2. The van der Waals surface area contributed by atoms with Crippen molar-refractivity contribution in [1.29, 1.82) is 0 Å². The van der Waals surface area contributed by atoms with Crippen LogP contribution in [0.1, 0.15) is 36.3 Å². The SMILES string of the molecule is CCOC(=O)CC(c1cnn(C)c1)c1oc(CO)cc(=O)c1O. The van der Waals surface area contributed by atoms with Gasteiger partial charge in [0.25, 0.3) is 0 Å². The summed E-state index contributed by atoms with van der Waals surface area (Å²) in [5.41, 5.74) is -0.109. The maximum atomic E-state index is 11.9. The lowest BCUT2D eigenvalue weighted by Crippen LogP contribution is -2.14. The monoisotopic (exact) mass is 322 g/mol. The van der Waals surface area contributed by atoms with Gasteiger partial charge >= 0.3 is 5.97 Å².